The largest absolute Gasteiger partial charge is 0.379 e. The molecule has 1 fully saturated rings. The number of morpholine rings is 1. The molecule has 3 aromatic rings. The van der Waals surface area contributed by atoms with Gasteiger partial charge in [-0.2, -0.15) is 0 Å². The van der Waals surface area contributed by atoms with E-state index >= 15 is 0 Å². The molecule has 2 aromatic heterocycles. The van der Waals surface area contributed by atoms with Crippen LogP contribution < -0.4 is 5.73 Å². The quantitative estimate of drug-likeness (QED) is 0.769. The van der Waals surface area contributed by atoms with Crippen LogP contribution >= 0.6 is 0 Å². The Hall–Kier alpha value is -2.28. The lowest BCUT2D eigenvalue weighted by Gasteiger charge is -2.27. The van der Waals surface area contributed by atoms with Gasteiger partial charge >= 0.3 is 0 Å². The number of imidazole rings is 1. The molecule has 1 atom stereocenters. The highest BCUT2D eigenvalue weighted by Gasteiger charge is 2.19. The smallest absolute Gasteiger partial charge is 0.131 e. The van der Waals surface area contributed by atoms with E-state index in [4.69, 9.17) is 15.5 Å². The maximum atomic E-state index is 6.54. The van der Waals surface area contributed by atoms with Crippen LogP contribution in [0.4, 0.5) is 0 Å². The van der Waals surface area contributed by atoms with Gasteiger partial charge in [-0.1, -0.05) is 12.1 Å². The molecule has 0 bridgehead atoms. The van der Waals surface area contributed by atoms with Crippen molar-refractivity contribution in [1.29, 1.82) is 0 Å². The minimum Gasteiger partial charge on any atom is -0.379 e. The monoisotopic (exact) mass is 337 g/mol. The first kappa shape index (κ1) is 16.2. The normalized spacial score (nSPS) is 17.0. The van der Waals surface area contributed by atoms with E-state index in [0.717, 1.165) is 61.8 Å². The third-order valence-electron chi connectivity index (χ3n) is 4.77. The fourth-order valence-corrected chi connectivity index (χ4v) is 3.35. The number of rotatable bonds is 5. The molecule has 0 spiro atoms. The van der Waals surface area contributed by atoms with E-state index in [1.165, 1.54) is 0 Å². The maximum Gasteiger partial charge on any atom is 0.131 e. The molecule has 1 saturated heterocycles. The number of ether oxygens (including phenoxy) is 1. The summed E-state index contributed by atoms with van der Waals surface area (Å²) in [5, 5.41) is 0. The van der Waals surface area contributed by atoms with Crippen molar-refractivity contribution in [3.63, 3.8) is 0 Å². The van der Waals surface area contributed by atoms with Gasteiger partial charge in [-0.3, -0.25) is 9.88 Å². The minimum atomic E-state index is -0.264. The molecule has 0 radical (unpaired) electrons. The summed E-state index contributed by atoms with van der Waals surface area (Å²) in [5.41, 5.74) is 9.70. The molecule has 3 heterocycles. The zero-order chi connectivity index (χ0) is 17.1. The number of hydrogen-bond donors (Lipinski definition) is 1. The van der Waals surface area contributed by atoms with E-state index in [9.17, 15) is 0 Å². The number of benzene rings is 1. The van der Waals surface area contributed by atoms with Gasteiger partial charge in [0, 0.05) is 38.6 Å². The first-order valence-electron chi connectivity index (χ1n) is 8.74. The van der Waals surface area contributed by atoms with Crippen molar-refractivity contribution < 1.29 is 4.74 Å². The lowest BCUT2D eigenvalue weighted by atomic mass is 10.1. The highest BCUT2D eigenvalue weighted by atomic mass is 16.5. The molecule has 4 rings (SSSR count). The predicted molar refractivity (Wildman–Crippen MR) is 97.3 cm³/mol. The fourth-order valence-electron chi connectivity index (χ4n) is 3.35. The van der Waals surface area contributed by atoms with Crippen molar-refractivity contribution >= 4 is 11.0 Å². The van der Waals surface area contributed by atoms with Crippen LogP contribution in [0.1, 0.15) is 17.4 Å². The Bertz CT molecular complexity index is 826. The summed E-state index contributed by atoms with van der Waals surface area (Å²) in [6.45, 7) is 5.44. The Balaban J connectivity index is 1.65. The van der Waals surface area contributed by atoms with Gasteiger partial charge in [0.2, 0.25) is 0 Å². The molecule has 0 amide bonds. The number of para-hydroxylation sites is 2. The lowest BCUT2D eigenvalue weighted by molar-refractivity contribution is 0.0364. The number of pyridine rings is 1. The Kier molecular flexibility index (Phi) is 4.74. The molecule has 0 saturated carbocycles. The van der Waals surface area contributed by atoms with Gasteiger partial charge in [0.1, 0.15) is 5.82 Å². The van der Waals surface area contributed by atoms with E-state index < -0.39 is 0 Å². The third-order valence-corrected chi connectivity index (χ3v) is 4.77. The minimum absolute atomic E-state index is 0.264. The van der Waals surface area contributed by atoms with E-state index in [-0.39, 0.29) is 6.04 Å². The third kappa shape index (κ3) is 3.42. The van der Waals surface area contributed by atoms with Crippen molar-refractivity contribution in [2.75, 3.05) is 32.8 Å². The van der Waals surface area contributed by atoms with Gasteiger partial charge in [0.25, 0.3) is 0 Å². The zero-order valence-corrected chi connectivity index (χ0v) is 14.2. The average Bonchev–Trinajstić information content (AvgIpc) is 3.06. The maximum absolute atomic E-state index is 6.54. The Morgan fingerprint density at radius 1 is 1.04 bits per heavy atom. The molecular formula is C19H23N5O. The van der Waals surface area contributed by atoms with Gasteiger partial charge in [-0.05, 0) is 29.8 Å². The molecular weight excluding hydrogens is 314 g/mol. The van der Waals surface area contributed by atoms with Crippen molar-refractivity contribution in [3.8, 4) is 0 Å². The van der Waals surface area contributed by atoms with E-state index in [1.54, 1.807) is 12.4 Å². The van der Waals surface area contributed by atoms with E-state index in [2.05, 4.69) is 26.6 Å². The van der Waals surface area contributed by atoms with Gasteiger partial charge in [-0.15, -0.1) is 0 Å². The predicted octanol–water partition coefficient (Wildman–Crippen LogP) is 1.81. The van der Waals surface area contributed by atoms with Crippen LogP contribution in [0.2, 0.25) is 0 Å². The number of aromatic nitrogens is 3. The summed E-state index contributed by atoms with van der Waals surface area (Å²) in [5.74, 6) is 0.903. The van der Waals surface area contributed by atoms with E-state index in [0.29, 0.717) is 0 Å². The number of hydrogen-bond acceptors (Lipinski definition) is 5. The SMILES string of the molecule is NC(c1ccncc1)c1nc2ccccc2n1CCN1CCOCC1. The summed E-state index contributed by atoms with van der Waals surface area (Å²) < 4.78 is 7.70. The highest BCUT2D eigenvalue weighted by Crippen LogP contribution is 2.24. The number of nitrogens with two attached hydrogens (primary N) is 1. The van der Waals surface area contributed by atoms with Crippen LogP contribution in [0.5, 0.6) is 0 Å². The molecule has 6 nitrogen and oxygen atoms in total. The molecule has 1 unspecified atom stereocenters. The van der Waals surface area contributed by atoms with Crippen molar-refractivity contribution in [2.45, 2.75) is 12.6 Å². The van der Waals surface area contributed by atoms with Gasteiger partial charge in [0.05, 0.1) is 30.3 Å². The second kappa shape index (κ2) is 7.31. The second-order valence-electron chi connectivity index (χ2n) is 6.32. The zero-order valence-electron chi connectivity index (χ0n) is 14.2. The summed E-state index contributed by atoms with van der Waals surface area (Å²) in [4.78, 5) is 11.3. The molecule has 6 heteroatoms. The van der Waals surface area contributed by atoms with E-state index in [1.807, 2.05) is 24.3 Å². The molecule has 130 valence electrons. The molecule has 0 aliphatic carbocycles. The highest BCUT2D eigenvalue weighted by molar-refractivity contribution is 5.76. The summed E-state index contributed by atoms with van der Waals surface area (Å²) in [6.07, 6.45) is 3.55. The number of nitrogens with zero attached hydrogens (tertiary/aromatic N) is 4. The van der Waals surface area contributed by atoms with Crippen molar-refractivity contribution in [3.05, 3.63) is 60.2 Å². The standard InChI is InChI=1S/C19H23N5O/c20-18(15-5-7-21-8-6-15)19-22-16-3-1-2-4-17(16)24(19)10-9-23-11-13-25-14-12-23/h1-8,18H,9-14,20H2. The van der Waals surface area contributed by atoms with Crippen LogP contribution in [0.25, 0.3) is 11.0 Å². The van der Waals surface area contributed by atoms with Crippen LogP contribution in [-0.4, -0.2) is 52.3 Å². The first-order chi connectivity index (χ1) is 12.3. The topological polar surface area (TPSA) is 69.2 Å². The van der Waals surface area contributed by atoms with Crippen LogP contribution in [0.15, 0.2) is 48.8 Å². The Labute approximate surface area is 147 Å². The summed E-state index contributed by atoms with van der Waals surface area (Å²) in [7, 11) is 0. The average molecular weight is 337 g/mol. The first-order valence-corrected chi connectivity index (χ1v) is 8.74. The van der Waals surface area contributed by atoms with Gasteiger partial charge in [-0.25, -0.2) is 4.98 Å². The van der Waals surface area contributed by atoms with Crippen LogP contribution in [0.3, 0.4) is 0 Å². The Morgan fingerprint density at radius 3 is 2.60 bits per heavy atom. The molecule has 1 aliphatic heterocycles. The molecule has 1 aliphatic rings. The second-order valence-corrected chi connectivity index (χ2v) is 6.32. The van der Waals surface area contributed by atoms with Crippen LogP contribution in [-0.2, 0) is 11.3 Å². The van der Waals surface area contributed by atoms with Crippen molar-refractivity contribution in [1.82, 2.24) is 19.4 Å². The molecule has 25 heavy (non-hydrogen) atoms. The van der Waals surface area contributed by atoms with Gasteiger partial charge < -0.3 is 15.0 Å². The summed E-state index contributed by atoms with van der Waals surface area (Å²) >= 11 is 0. The summed E-state index contributed by atoms with van der Waals surface area (Å²) in [6, 6.07) is 11.9. The fraction of sp³-hybridized carbons (Fsp3) is 0.368. The lowest BCUT2D eigenvalue weighted by Crippen LogP contribution is -2.38. The molecule has 1 aromatic carbocycles. The molecule has 2 N–H and O–H groups in total. The van der Waals surface area contributed by atoms with Crippen molar-refractivity contribution in [2.24, 2.45) is 5.73 Å². The van der Waals surface area contributed by atoms with Gasteiger partial charge in [0.15, 0.2) is 0 Å². The number of fused-ring (bicyclic) bond motifs is 1. The van der Waals surface area contributed by atoms with Crippen LogP contribution in [0, 0.1) is 0 Å². The Morgan fingerprint density at radius 2 is 1.80 bits per heavy atom.